The van der Waals surface area contributed by atoms with E-state index in [4.69, 9.17) is 0 Å². The predicted octanol–water partition coefficient (Wildman–Crippen LogP) is 9.58. The highest BCUT2D eigenvalue weighted by Gasteiger charge is 2.42. The number of allylic oxidation sites excluding steroid dienone is 2. The number of anilines is 1. The van der Waals surface area contributed by atoms with E-state index in [1.165, 1.54) is 47.0 Å². The van der Waals surface area contributed by atoms with Gasteiger partial charge in [-0.1, -0.05) is 12.1 Å². The van der Waals surface area contributed by atoms with Gasteiger partial charge in [0.05, 0.1) is 32.3 Å². The summed E-state index contributed by atoms with van der Waals surface area (Å²) >= 11 is 8.33. The van der Waals surface area contributed by atoms with Crippen LogP contribution in [0.5, 0.6) is 0 Å². The van der Waals surface area contributed by atoms with Gasteiger partial charge in [0, 0.05) is 42.7 Å². The van der Waals surface area contributed by atoms with Crippen molar-refractivity contribution in [1.82, 2.24) is 4.31 Å². The van der Waals surface area contributed by atoms with Crippen LogP contribution in [0.3, 0.4) is 0 Å². The largest absolute Gasteiger partial charge is 0.505 e. The van der Waals surface area contributed by atoms with E-state index < -0.39 is 17.6 Å². The summed E-state index contributed by atoms with van der Waals surface area (Å²) in [6.07, 6.45) is 13.0. The van der Waals surface area contributed by atoms with Crippen LogP contribution in [0.2, 0.25) is 0 Å². The molecule has 47 heavy (non-hydrogen) atoms. The second-order valence-corrected chi connectivity index (χ2v) is 15.8. The molecule has 0 atom stereocenters. The molecule has 2 heterocycles. The molecule has 2 aromatic carbocycles. The number of aliphatic hydroxyl groups is 1. The average molecular weight is 741 g/mol. The van der Waals surface area contributed by atoms with Gasteiger partial charge >= 0.3 is 0 Å². The zero-order valence-electron chi connectivity index (χ0n) is 25.7. The van der Waals surface area contributed by atoms with Gasteiger partial charge in [0.25, 0.3) is 17.7 Å². The second-order valence-electron chi connectivity index (χ2n) is 10.3. The molecule has 6 rings (SSSR count). The van der Waals surface area contributed by atoms with Crippen LogP contribution in [-0.4, -0.2) is 57.9 Å². The Morgan fingerprint density at radius 1 is 0.851 bits per heavy atom. The second kappa shape index (κ2) is 14.3. The third kappa shape index (κ3) is 5.99. The van der Waals surface area contributed by atoms with E-state index in [1.54, 1.807) is 29.6 Å². The highest BCUT2D eigenvalue weighted by Crippen LogP contribution is 2.51. The van der Waals surface area contributed by atoms with Gasteiger partial charge in [0.15, 0.2) is 11.5 Å². The van der Waals surface area contributed by atoms with Crippen molar-refractivity contribution in [2.24, 2.45) is 10.2 Å². The number of benzene rings is 2. The van der Waals surface area contributed by atoms with Gasteiger partial charge in [-0.05, 0) is 74.3 Å². The summed E-state index contributed by atoms with van der Waals surface area (Å²) < 4.78 is 1.77. The zero-order chi connectivity index (χ0) is 33.4. The molecule has 3 aromatic rings. The van der Waals surface area contributed by atoms with Crippen molar-refractivity contribution in [3.05, 3.63) is 69.2 Å². The summed E-state index contributed by atoms with van der Waals surface area (Å²) in [5.41, 5.74) is 1.39. The molecule has 9 nitrogen and oxygen atoms in total. The van der Waals surface area contributed by atoms with Crippen molar-refractivity contribution in [2.75, 3.05) is 30.3 Å². The monoisotopic (exact) mass is 740 g/mol. The molecule has 0 unspecified atom stereocenters. The Morgan fingerprint density at radius 2 is 1.53 bits per heavy atom. The van der Waals surface area contributed by atoms with E-state index in [9.17, 15) is 24.3 Å². The summed E-state index contributed by atoms with van der Waals surface area (Å²) in [5.74, 6) is -2.28. The number of carbonyl (C=O) groups excluding carboxylic acids is 4. The Bertz CT molecular complexity index is 1940. The number of Topliss-reactive ketones (excluding diaryl/α,β-unsaturated/α-hetero) is 1. The van der Waals surface area contributed by atoms with Gasteiger partial charge in [-0.3, -0.25) is 19.2 Å². The van der Waals surface area contributed by atoms with Crippen LogP contribution >= 0.6 is 70.3 Å². The molecule has 2 aliphatic carbocycles. The fourth-order valence-corrected chi connectivity index (χ4v) is 11.5. The number of thioether (sulfide) groups is 4. The Kier molecular flexibility index (Phi) is 10.3. The van der Waals surface area contributed by atoms with Gasteiger partial charge < -0.3 is 10.4 Å². The van der Waals surface area contributed by atoms with Crippen LogP contribution < -0.4 is 5.32 Å². The number of aliphatic hydroxyl groups excluding tert-OH is 1. The van der Waals surface area contributed by atoms with Crippen molar-refractivity contribution in [3.63, 3.8) is 0 Å². The molecule has 0 spiro atoms. The minimum absolute atomic E-state index is 0.00284. The van der Waals surface area contributed by atoms with Gasteiger partial charge in [0.2, 0.25) is 5.78 Å². The van der Waals surface area contributed by atoms with Crippen molar-refractivity contribution in [1.29, 1.82) is 0 Å². The molecule has 0 saturated heterocycles. The lowest BCUT2D eigenvalue weighted by molar-refractivity contribution is -0.113. The van der Waals surface area contributed by atoms with E-state index in [2.05, 4.69) is 15.5 Å². The number of thiophene rings is 1. The highest BCUT2D eigenvalue weighted by atomic mass is 32.2. The average Bonchev–Trinajstić information content (AvgIpc) is 3.76. The molecule has 0 saturated carbocycles. The Labute approximate surface area is 297 Å². The van der Waals surface area contributed by atoms with Crippen LogP contribution in [0.4, 0.5) is 11.4 Å². The van der Waals surface area contributed by atoms with E-state index in [1.807, 2.05) is 42.5 Å². The smallest absolute Gasteiger partial charge is 0.274 e. The molecule has 2 N–H and O–H groups in total. The molecule has 242 valence electrons. The first-order chi connectivity index (χ1) is 22.7. The number of nitrogens with one attached hydrogen (secondary N) is 1. The first kappa shape index (κ1) is 33.9. The number of hydrogen-bond acceptors (Lipinski definition) is 13. The van der Waals surface area contributed by atoms with Crippen LogP contribution in [0.1, 0.15) is 62.3 Å². The maximum absolute atomic E-state index is 13.9. The number of nitrogens with zero attached hydrogens (tertiary/aromatic N) is 3. The van der Waals surface area contributed by atoms with Crippen LogP contribution in [0.15, 0.2) is 81.0 Å². The van der Waals surface area contributed by atoms with E-state index >= 15 is 0 Å². The molecule has 0 radical (unpaired) electrons. The van der Waals surface area contributed by atoms with E-state index in [0.29, 0.717) is 23.1 Å². The summed E-state index contributed by atoms with van der Waals surface area (Å²) in [7, 11) is 0. The SMILES string of the molecule is CSc1c(SC)c(SC)c2c(c1SC)C(=O)C(N=Nc1ccc(NC(=O)C3=CCCCC3)c3c1C(=O)N(Sc1cccs1)C3=O)=C2O. The lowest BCUT2D eigenvalue weighted by Crippen LogP contribution is -2.22. The van der Waals surface area contributed by atoms with Gasteiger partial charge in [-0.15, -0.1) is 68.6 Å². The Balaban J connectivity index is 1.43. The molecule has 1 aliphatic heterocycles. The van der Waals surface area contributed by atoms with Gasteiger partial charge in [-0.25, -0.2) is 4.31 Å². The zero-order valence-corrected chi connectivity index (χ0v) is 30.6. The molecule has 15 heteroatoms. The molecular formula is C32H28N4O5S6. The maximum atomic E-state index is 13.9. The number of fused-ring (bicyclic) bond motifs is 2. The number of imide groups is 1. The maximum Gasteiger partial charge on any atom is 0.274 e. The number of ketones is 1. The normalized spacial score (nSPS) is 16.0. The fraction of sp³-hybridized carbons (Fsp3) is 0.250. The molecule has 0 bridgehead atoms. The topological polar surface area (TPSA) is 128 Å². The molecule has 3 aliphatic rings. The van der Waals surface area contributed by atoms with E-state index in [-0.39, 0.29) is 39.9 Å². The third-order valence-corrected chi connectivity index (χ3v) is 13.4. The lowest BCUT2D eigenvalue weighted by atomic mass is 9.98. The number of amides is 3. The number of carbonyl (C=O) groups is 4. The van der Waals surface area contributed by atoms with Crippen LogP contribution in [-0.2, 0) is 4.79 Å². The molecule has 1 aromatic heterocycles. The number of hydrogen-bond donors (Lipinski definition) is 2. The van der Waals surface area contributed by atoms with Gasteiger partial charge in [0.1, 0.15) is 0 Å². The van der Waals surface area contributed by atoms with Gasteiger partial charge in [-0.2, -0.15) is 0 Å². The van der Waals surface area contributed by atoms with Crippen LogP contribution in [0.25, 0.3) is 5.76 Å². The fourth-order valence-electron chi connectivity index (χ4n) is 5.65. The first-order valence-corrected chi connectivity index (χ1v) is 20.9. The third-order valence-electron chi connectivity index (χ3n) is 7.79. The highest BCUT2D eigenvalue weighted by molar-refractivity contribution is 8.04. The minimum atomic E-state index is -0.617. The van der Waals surface area contributed by atoms with Crippen molar-refractivity contribution < 1.29 is 24.3 Å². The standard InChI is InChI=1S/C32H28N4O5S6/c1-42-26-21-22(27(43-2)29(45-4)28(26)44-3)25(38)23(24(21)37)35-34-17-13-12-16(33-30(39)15-9-6-5-7-10-15)19-20(17)32(41)36(31(19)40)47-18-11-8-14-46-18/h8-9,11-14,37H,5-7,10H2,1-4H3,(H,33,39). The summed E-state index contributed by atoms with van der Waals surface area (Å²) in [6, 6.07) is 6.62. The molecular weight excluding hydrogens is 713 g/mol. The summed E-state index contributed by atoms with van der Waals surface area (Å²) in [5, 5.41) is 24.6. The first-order valence-electron chi connectivity index (χ1n) is 14.3. The number of azo groups is 1. The van der Waals surface area contributed by atoms with Crippen molar-refractivity contribution in [3.8, 4) is 0 Å². The summed E-state index contributed by atoms with van der Waals surface area (Å²) in [6.45, 7) is 0. The Hall–Kier alpha value is -2.95. The molecule has 0 fully saturated rings. The van der Waals surface area contributed by atoms with E-state index in [0.717, 1.165) is 59.3 Å². The predicted molar refractivity (Wildman–Crippen MR) is 194 cm³/mol. The van der Waals surface area contributed by atoms with Crippen LogP contribution in [0, 0.1) is 0 Å². The van der Waals surface area contributed by atoms with Crippen molar-refractivity contribution >= 4 is 111 Å². The summed E-state index contributed by atoms with van der Waals surface area (Å²) in [4.78, 5) is 58.1. The quantitative estimate of drug-likeness (QED) is 0.0898. The lowest BCUT2D eigenvalue weighted by Gasteiger charge is -2.19. The number of rotatable bonds is 10. The molecule has 3 amide bonds. The Morgan fingerprint density at radius 3 is 2.15 bits per heavy atom. The minimum Gasteiger partial charge on any atom is -0.505 e. The van der Waals surface area contributed by atoms with Crippen molar-refractivity contribution in [2.45, 2.75) is 49.5 Å².